The van der Waals surface area contributed by atoms with Gasteiger partial charge in [-0.05, 0) is 34.7 Å². The van der Waals surface area contributed by atoms with Crippen molar-refractivity contribution in [1.82, 2.24) is 15.3 Å². The number of nitrogens with two attached hydrogens (primary N) is 1. The summed E-state index contributed by atoms with van der Waals surface area (Å²) in [5.41, 5.74) is 6.09. The Kier molecular flexibility index (Phi) is 4.33. The Hall–Kier alpha value is -4.16. The van der Waals surface area contributed by atoms with Crippen molar-refractivity contribution in [1.29, 1.82) is 0 Å². The fourth-order valence-electron chi connectivity index (χ4n) is 2.27. The van der Waals surface area contributed by atoms with Crippen LogP contribution < -0.4 is 16.0 Å². The lowest BCUT2D eigenvalue weighted by molar-refractivity contribution is -0.139. The summed E-state index contributed by atoms with van der Waals surface area (Å²) in [6.45, 7) is 0. The maximum absolute atomic E-state index is 12.5. The van der Waals surface area contributed by atoms with E-state index in [4.69, 9.17) is 5.73 Å². The van der Waals surface area contributed by atoms with E-state index < -0.39 is 48.5 Å². The van der Waals surface area contributed by atoms with Crippen molar-refractivity contribution in [3.05, 3.63) is 24.3 Å². The summed E-state index contributed by atoms with van der Waals surface area (Å²) in [5.74, 6) is -3.60. The van der Waals surface area contributed by atoms with Gasteiger partial charge in [0.1, 0.15) is 12.8 Å². The maximum atomic E-state index is 12.5. The Labute approximate surface area is 150 Å². The number of nitrogens with one attached hydrogen (secondary N) is 1. The molecule has 1 aromatic rings. The number of anilines is 2. The molecule has 2 saturated heterocycles. The molecule has 0 aliphatic carbocycles. The number of barbiturate groups is 2. The van der Waals surface area contributed by atoms with E-state index >= 15 is 0 Å². The second-order valence-electron chi connectivity index (χ2n) is 5.40. The van der Waals surface area contributed by atoms with Crippen LogP contribution in [0.15, 0.2) is 34.7 Å². The number of hydrogen-bond acceptors (Lipinski definition) is 9. The number of carbonyl (C=O) groups excluding carboxylic acids is 6. The molecule has 138 valence electrons. The predicted molar refractivity (Wildman–Crippen MR) is 85.1 cm³/mol. The van der Waals surface area contributed by atoms with Gasteiger partial charge in [0.05, 0.1) is 5.69 Å². The lowest BCUT2D eigenvalue weighted by Crippen LogP contribution is -2.54. The summed E-state index contributed by atoms with van der Waals surface area (Å²) in [6.07, 6.45) is -1.34. The number of rotatable bonds is 3. The number of carbonyl (C=O) groups is 6. The number of nitrogen functional groups attached to an aromatic ring is 1. The Balaban J connectivity index is 1.85. The third-order valence-electron chi connectivity index (χ3n) is 3.52. The van der Waals surface area contributed by atoms with Crippen LogP contribution in [0.4, 0.5) is 21.0 Å². The van der Waals surface area contributed by atoms with Crippen LogP contribution in [-0.4, -0.2) is 45.7 Å². The van der Waals surface area contributed by atoms with Crippen LogP contribution in [0.5, 0.6) is 0 Å². The van der Waals surface area contributed by atoms with E-state index in [1.807, 2.05) is 5.32 Å². The molecule has 0 bridgehead atoms. The molecule has 0 aromatic heterocycles. The van der Waals surface area contributed by atoms with Crippen molar-refractivity contribution in [2.45, 2.75) is 12.8 Å². The van der Waals surface area contributed by atoms with Gasteiger partial charge < -0.3 is 5.73 Å². The molecule has 0 radical (unpaired) electrons. The first-order valence-electron chi connectivity index (χ1n) is 7.41. The van der Waals surface area contributed by atoms with Crippen molar-refractivity contribution in [2.75, 3.05) is 10.6 Å². The van der Waals surface area contributed by atoms with Crippen molar-refractivity contribution in [3.8, 4) is 0 Å². The molecular weight excluding hydrogens is 362 g/mol. The summed E-state index contributed by atoms with van der Waals surface area (Å²) < 4.78 is 0. The zero-order valence-corrected chi connectivity index (χ0v) is 13.5. The smallest absolute Gasteiger partial charge is 0.360 e. The fourth-order valence-corrected chi connectivity index (χ4v) is 2.27. The molecule has 0 saturated carbocycles. The highest BCUT2D eigenvalue weighted by Gasteiger charge is 2.40. The minimum absolute atomic E-state index is 0.143. The van der Waals surface area contributed by atoms with Gasteiger partial charge in [-0.15, -0.1) is 10.0 Å². The minimum atomic E-state index is -1.18. The highest BCUT2D eigenvalue weighted by Crippen LogP contribution is 2.23. The standard InChI is InChI=1S/C14H11N7O6/c15-7-1-3-8(4-2-7)19-10(23)6-12(25)21(14(19)27)18-17-20-11(24)5-9(22)16-13(20)26/h1-4H,5-6,15H2,(H,16,22,26). The van der Waals surface area contributed by atoms with Crippen molar-refractivity contribution in [3.63, 3.8) is 0 Å². The summed E-state index contributed by atoms with van der Waals surface area (Å²) >= 11 is 0. The maximum Gasteiger partial charge on any atom is 0.360 e. The van der Waals surface area contributed by atoms with E-state index in [-0.39, 0.29) is 15.7 Å². The fraction of sp³-hybridized carbons (Fsp3) is 0.143. The number of benzene rings is 1. The molecule has 0 atom stereocenters. The van der Waals surface area contributed by atoms with Gasteiger partial charge in [-0.25, -0.2) is 14.5 Å². The quantitative estimate of drug-likeness (QED) is 0.415. The first-order chi connectivity index (χ1) is 12.8. The van der Waals surface area contributed by atoms with E-state index in [9.17, 15) is 28.8 Å². The van der Waals surface area contributed by atoms with Crippen molar-refractivity contribution in [2.24, 2.45) is 10.4 Å². The molecule has 1 aromatic carbocycles. The molecule has 13 heteroatoms. The second-order valence-corrected chi connectivity index (χ2v) is 5.40. The van der Waals surface area contributed by atoms with Gasteiger partial charge in [0.15, 0.2) is 0 Å². The molecule has 2 aliphatic heterocycles. The third kappa shape index (κ3) is 3.33. The number of nitrogens with zero attached hydrogens (tertiary/aromatic N) is 5. The van der Waals surface area contributed by atoms with Gasteiger partial charge in [-0.3, -0.25) is 24.5 Å². The Morgan fingerprint density at radius 3 is 2.04 bits per heavy atom. The first kappa shape index (κ1) is 17.7. The van der Waals surface area contributed by atoms with Crippen LogP contribution in [0.3, 0.4) is 0 Å². The molecule has 2 aliphatic rings. The van der Waals surface area contributed by atoms with Gasteiger partial charge in [0, 0.05) is 5.69 Å². The summed E-state index contributed by atoms with van der Waals surface area (Å²) in [7, 11) is 0. The van der Waals surface area contributed by atoms with E-state index in [0.29, 0.717) is 10.6 Å². The van der Waals surface area contributed by atoms with Crippen LogP contribution in [0.2, 0.25) is 0 Å². The Morgan fingerprint density at radius 1 is 0.815 bits per heavy atom. The predicted octanol–water partition coefficient (Wildman–Crippen LogP) is -0.295. The normalized spacial score (nSPS) is 18.6. The molecule has 3 N–H and O–H groups in total. The zero-order chi connectivity index (χ0) is 19.7. The van der Waals surface area contributed by atoms with Gasteiger partial charge in [-0.1, -0.05) is 0 Å². The van der Waals surface area contributed by atoms with E-state index in [1.165, 1.54) is 24.3 Å². The lowest BCUT2D eigenvalue weighted by Gasteiger charge is -2.29. The highest BCUT2D eigenvalue weighted by molar-refractivity contribution is 6.26. The van der Waals surface area contributed by atoms with E-state index in [1.54, 1.807) is 0 Å². The average Bonchev–Trinajstić information content (AvgIpc) is 2.58. The highest BCUT2D eigenvalue weighted by atomic mass is 16.2. The molecule has 3 rings (SSSR count). The first-order valence-corrected chi connectivity index (χ1v) is 7.41. The van der Waals surface area contributed by atoms with Crippen LogP contribution in [0, 0.1) is 0 Å². The number of imide groups is 4. The number of hydrogen-bond donors (Lipinski definition) is 2. The van der Waals surface area contributed by atoms with Gasteiger partial charge in [-0.2, -0.15) is 0 Å². The minimum Gasteiger partial charge on any atom is -0.399 e. The van der Waals surface area contributed by atoms with Crippen LogP contribution in [0.1, 0.15) is 12.8 Å². The Bertz CT molecular complexity index is 889. The number of amides is 8. The molecule has 0 unspecified atom stereocenters. The van der Waals surface area contributed by atoms with Gasteiger partial charge in [0.2, 0.25) is 11.8 Å². The molecular formula is C14H11N7O6. The van der Waals surface area contributed by atoms with Gasteiger partial charge in [0.25, 0.3) is 11.8 Å². The molecule has 2 fully saturated rings. The van der Waals surface area contributed by atoms with E-state index in [2.05, 4.69) is 10.4 Å². The van der Waals surface area contributed by atoms with Crippen molar-refractivity contribution >= 4 is 47.1 Å². The molecule has 8 amide bonds. The van der Waals surface area contributed by atoms with Crippen LogP contribution >= 0.6 is 0 Å². The van der Waals surface area contributed by atoms with Crippen molar-refractivity contribution < 1.29 is 28.8 Å². The topological polar surface area (TPSA) is 175 Å². The molecule has 0 spiro atoms. The monoisotopic (exact) mass is 373 g/mol. The van der Waals surface area contributed by atoms with Gasteiger partial charge >= 0.3 is 12.1 Å². The average molecular weight is 373 g/mol. The Morgan fingerprint density at radius 2 is 1.41 bits per heavy atom. The molecule has 27 heavy (non-hydrogen) atoms. The SMILES string of the molecule is Nc1ccc(N2C(=O)CC(=O)N(N=NN3C(=O)CC(=O)NC3=O)C2=O)cc1. The summed E-state index contributed by atoms with van der Waals surface area (Å²) in [4.78, 5) is 71.5. The lowest BCUT2D eigenvalue weighted by atomic mass is 10.2. The largest absolute Gasteiger partial charge is 0.399 e. The van der Waals surface area contributed by atoms with Crippen LogP contribution in [-0.2, 0) is 19.2 Å². The number of urea groups is 2. The third-order valence-corrected chi connectivity index (χ3v) is 3.52. The molecule has 13 nitrogen and oxygen atoms in total. The second kappa shape index (κ2) is 6.62. The zero-order valence-electron chi connectivity index (χ0n) is 13.5. The summed E-state index contributed by atoms with van der Waals surface area (Å²) in [5, 5.41) is 8.81. The van der Waals surface area contributed by atoms with E-state index in [0.717, 1.165) is 0 Å². The summed E-state index contributed by atoms with van der Waals surface area (Å²) in [6, 6.07) is 3.36. The van der Waals surface area contributed by atoms with Crippen LogP contribution in [0.25, 0.3) is 0 Å². The molecule has 2 heterocycles.